The van der Waals surface area contributed by atoms with Gasteiger partial charge in [0.05, 0.1) is 51.5 Å². The van der Waals surface area contributed by atoms with Crippen LogP contribution in [0.3, 0.4) is 0 Å². The molecule has 0 fully saturated rings. The van der Waals surface area contributed by atoms with E-state index in [-0.39, 0.29) is 42.3 Å². The number of pyridine rings is 1. The molecular weight excluding hydrogens is 683 g/mol. The van der Waals surface area contributed by atoms with Crippen LogP contribution in [-0.4, -0.2) is 40.8 Å². The van der Waals surface area contributed by atoms with Gasteiger partial charge in [-0.2, -0.15) is 26.3 Å². The highest BCUT2D eigenvalue weighted by Crippen LogP contribution is 2.40. The molecule has 0 unspecified atom stereocenters. The molecule has 2 atom stereocenters. The fourth-order valence-corrected chi connectivity index (χ4v) is 5.14. The highest BCUT2D eigenvalue weighted by molar-refractivity contribution is 14.1. The molecule has 1 aliphatic heterocycles. The first-order valence-corrected chi connectivity index (χ1v) is 13.9. The number of aromatic nitrogens is 3. The third-order valence-electron chi connectivity index (χ3n) is 6.62. The lowest BCUT2D eigenvalue weighted by molar-refractivity contribution is -0.143. The van der Waals surface area contributed by atoms with Gasteiger partial charge in [0.1, 0.15) is 0 Å². The number of amides is 1. The van der Waals surface area contributed by atoms with Gasteiger partial charge in [0.2, 0.25) is 11.8 Å². The van der Waals surface area contributed by atoms with Crippen molar-refractivity contribution in [1.29, 1.82) is 0 Å². The SMILES string of the molecule is CCOC(=O)N1c2ccc(OC)nc2[C@@H](Nc2ncc(I)c(Cc3cc(C(F)(F)F)cc(C(F)(F)F)c3)n2)C[C@H]1CC. The van der Waals surface area contributed by atoms with Crippen LogP contribution >= 0.6 is 22.6 Å². The molecule has 1 aliphatic rings. The smallest absolute Gasteiger partial charge is 0.416 e. The van der Waals surface area contributed by atoms with Gasteiger partial charge in [-0.15, -0.1) is 0 Å². The second-order valence-corrected chi connectivity index (χ2v) is 10.6. The average Bonchev–Trinajstić information content (AvgIpc) is 2.93. The molecule has 1 amide bonds. The predicted molar refractivity (Wildman–Crippen MR) is 149 cm³/mol. The van der Waals surface area contributed by atoms with E-state index in [9.17, 15) is 31.1 Å². The van der Waals surface area contributed by atoms with Crippen molar-refractivity contribution in [2.75, 3.05) is 23.9 Å². The molecule has 3 heterocycles. The number of ether oxygens (including phenoxy) is 2. The van der Waals surface area contributed by atoms with Gasteiger partial charge in [-0.3, -0.25) is 4.90 Å². The van der Waals surface area contributed by atoms with E-state index in [1.807, 2.05) is 29.5 Å². The summed E-state index contributed by atoms with van der Waals surface area (Å²) in [6.45, 7) is 3.80. The fraction of sp³-hybridized carbons (Fsp3) is 0.407. The molecule has 2 aromatic heterocycles. The fourth-order valence-electron chi connectivity index (χ4n) is 4.69. The van der Waals surface area contributed by atoms with Crippen LogP contribution in [0.4, 0.5) is 42.8 Å². The van der Waals surface area contributed by atoms with E-state index >= 15 is 0 Å². The Balaban J connectivity index is 1.69. The molecule has 42 heavy (non-hydrogen) atoms. The Kier molecular flexibility index (Phi) is 9.37. The zero-order chi connectivity index (χ0) is 30.8. The van der Waals surface area contributed by atoms with Crippen LogP contribution in [0.5, 0.6) is 5.88 Å². The molecule has 15 heteroatoms. The van der Waals surface area contributed by atoms with Crippen LogP contribution < -0.4 is 15.0 Å². The Morgan fingerprint density at radius 3 is 2.31 bits per heavy atom. The summed E-state index contributed by atoms with van der Waals surface area (Å²) >= 11 is 1.88. The van der Waals surface area contributed by atoms with Gasteiger partial charge >= 0.3 is 18.4 Å². The van der Waals surface area contributed by atoms with Crippen molar-refractivity contribution in [3.8, 4) is 5.88 Å². The summed E-state index contributed by atoms with van der Waals surface area (Å²) in [5, 5.41) is 3.19. The number of carbonyl (C=O) groups is 1. The minimum absolute atomic E-state index is 0.0902. The molecule has 0 saturated carbocycles. The second-order valence-electron chi connectivity index (χ2n) is 9.40. The van der Waals surface area contributed by atoms with Crippen molar-refractivity contribution >= 4 is 40.3 Å². The maximum absolute atomic E-state index is 13.4. The normalized spacial score (nSPS) is 17.0. The Hall–Kier alpha value is -3.37. The van der Waals surface area contributed by atoms with Gasteiger partial charge in [-0.1, -0.05) is 6.92 Å². The maximum Gasteiger partial charge on any atom is 0.416 e. The number of fused-ring (bicyclic) bond motifs is 1. The van der Waals surface area contributed by atoms with Crippen LogP contribution in [0.2, 0.25) is 0 Å². The Morgan fingerprint density at radius 2 is 1.74 bits per heavy atom. The highest BCUT2D eigenvalue weighted by Gasteiger charge is 2.39. The predicted octanol–water partition coefficient (Wildman–Crippen LogP) is 7.41. The van der Waals surface area contributed by atoms with Crippen molar-refractivity contribution < 1.29 is 40.6 Å². The molecular formula is C27H26F6IN5O3. The number of alkyl halides is 6. The van der Waals surface area contributed by atoms with Crippen LogP contribution in [0, 0.1) is 3.57 Å². The average molecular weight is 709 g/mol. The lowest BCUT2D eigenvalue weighted by Crippen LogP contribution is -2.46. The van der Waals surface area contributed by atoms with E-state index in [1.54, 1.807) is 19.1 Å². The van der Waals surface area contributed by atoms with E-state index in [1.165, 1.54) is 18.2 Å². The zero-order valence-electron chi connectivity index (χ0n) is 22.6. The molecule has 0 spiro atoms. The van der Waals surface area contributed by atoms with Crippen LogP contribution in [0.1, 0.15) is 60.8 Å². The van der Waals surface area contributed by atoms with Crippen molar-refractivity contribution in [3.05, 3.63) is 68.2 Å². The molecule has 0 radical (unpaired) electrons. The monoisotopic (exact) mass is 709 g/mol. The Morgan fingerprint density at radius 1 is 1.07 bits per heavy atom. The number of nitrogens with zero attached hydrogens (tertiary/aromatic N) is 4. The number of methoxy groups -OCH3 is 1. The molecule has 8 nitrogen and oxygen atoms in total. The third kappa shape index (κ3) is 6.98. The number of anilines is 2. The van der Waals surface area contributed by atoms with E-state index < -0.39 is 35.6 Å². The maximum atomic E-state index is 13.4. The standard InChI is InChI=1S/C27H26F6IN5O3/c1-4-17-12-20(23-21(6-7-22(38-23)41-3)39(17)25(40)42-5-2)37-24-35-13-18(34)19(36-24)10-14-8-15(26(28,29)30)11-16(9-14)27(31,32)33/h6-9,11,13,17,20H,4-5,10,12H2,1-3H3,(H,35,36,37)/t17-,20+/m1/s1. The molecule has 0 aliphatic carbocycles. The van der Waals surface area contributed by atoms with Gasteiger partial charge in [0.15, 0.2) is 0 Å². The van der Waals surface area contributed by atoms with E-state index in [0.29, 0.717) is 45.8 Å². The summed E-state index contributed by atoms with van der Waals surface area (Å²) in [6.07, 6.45) is -8.36. The first kappa shape index (κ1) is 31.6. The van der Waals surface area contributed by atoms with E-state index in [4.69, 9.17) is 9.47 Å². The Labute approximate surface area is 251 Å². The van der Waals surface area contributed by atoms with Crippen molar-refractivity contribution in [3.63, 3.8) is 0 Å². The van der Waals surface area contributed by atoms with Crippen LogP contribution in [0.25, 0.3) is 0 Å². The van der Waals surface area contributed by atoms with Gasteiger partial charge in [0, 0.05) is 24.7 Å². The van der Waals surface area contributed by atoms with Crippen LogP contribution in [0.15, 0.2) is 36.5 Å². The quantitative estimate of drug-likeness (QED) is 0.202. The lowest BCUT2D eigenvalue weighted by atomic mass is 9.93. The first-order valence-electron chi connectivity index (χ1n) is 12.8. The summed E-state index contributed by atoms with van der Waals surface area (Å²) in [5.74, 6) is 0.391. The van der Waals surface area contributed by atoms with Gasteiger partial charge in [0.25, 0.3) is 0 Å². The molecule has 4 rings (SSSR count). The third-order valence-corrected chi connectivity index (χ3v) is 7.52. The van der Waals surface area contributed by atoms with Gasteiger partial charge < -0.3 is 14.8 Å². The summed E-state index contributed by atoms with van der Waals surface area (Å²) in [6, 6.07) is 3.98. The Bertz CT molecular complexity index is 1420. The minimum Gasteiger partial charge on any atom is -0.481 e. The minimum atomic E-state index is -4.96. The number of rotatable bonds is 7. The number of carbonyl (C=O) groups excluding carboxylic acids is 1. The second kappa shape index (κ2) is 12.5. The van der Waals surface area contributed by atoms with Gasteiger partial charge in [-0.25, -0.2) is 19.7 Å². The number of nitrogens with one attached hydrogen (secondary N) is 1. The number of hydrogen-bond donors (Lipinski definition) is 1. The van der Waals surface area contributed by atoms with Crippen LogP contribution in [-0.2, 0) is 23.5 Å². The molecule has 0 saturated heterocycles. The summed E-state index contributed by atoms with van der Waals surface area (Å²) < 4.78 is 91.3. The van der Waals surface area contributed by atoms with Gasteiger partial charge in [-0.05, 0) is 72.2 Å². The van der Waals surface area contributed by atoms with Crippen molar-refractivity contribution in [1.82, 2.24) is 15.0 Å². The summed E-state index contributed by atoms with van der Waals surface area (Å²) in [7, 11) is 1.45. The lowest BCUT2D eigenvalue weighted by Gasteiger charge is -2.39. The number of halogens is 7. The van der Waals surface area contributed by atoms with E-state index in [2.05, 4.69) is 20.3 Å². The molecule has 1 aromatic carbocycles. The highest BCUT2D eigenvalue weighted by atomic mass is 127. The van der Waals surface area contributed by atoms with E-state index in [0.717, 1.165) is 0 Å². The summed E-state index contributed by atoms with van der Waals surface area (Å²) in [5.41, 5.74) is -1.81. The first-order chi connectivity index (χ1) is 19.7. The molecule has 226 valence electrons. The largest absolute Gasteiger partial charge is 0.481 e. The summed E-state index contributed by atoms with van der Waals surface area (Å²) in [4.78, 5) is 27.6. The molecule has 1 N–H and O–H groups in total. The molecule has 3 aromatic rings. The molecule has 0 bridgehead atoms. The number of hydrogen-bond acceptors (Lipinski definition) is 7. The number of benzene rings is 1. The van der Waals surface area contributed by atoms with Crippen molar-refractivity contribution in [2.45, 2.75) is 57.5 Å². The topological polar surface area (TPSA) is 89.5 Å². The zero-order valence-corrected chi connectivity index (χ0v) is 24.8. The van der Waals surface area contributed by atoms with Crippen molar-refractivity contribution in [2.24, 2.45) is 0 Å².